The van der Waals surface area contributed by atoms with Crippen LogP contribution >= 0.6 is 15.9 Å². The predicted octanol–water partition coefficient (Wildman–Crippen LogP) is 3.76. The minimum atomic E-state index is 0.460. The third-order valence-corrected chi connectivity index (χ3v) is 4.26. The van der Waals surface area contributed by atoms with Gasteiger partial charge in [0.05, 0.1) is 12.8 Å². The van der Waals surface area contributed by atoms with Crippen LogP contribution in [0.1, 0.15) is 30.1 Å². The molecule has 0 bridgehead atoms. The molecule has 5 nitrogen and oxygen atoms in total. The standard InChI is InChI=1S/C15H17BrN4O/c1-8-13(17)19-15(9-3-4-9)20-14(8)18-12-7-10(21-2)5-6-11(12)16/h5-7,9H,3-4H2,1-2H3,(H3,17,18,19,20). The highest BCUT2D eigenvalue weighted by Gasteiger charge is 2.28. The number of aromatic nitrogens is 2. The Balaban J connectivity index is 1.97. The van der Waals surface area contributed by atoms with E-state index in [1.807, 2.05) is 25.1 Å². The Kier molecular flexibility index (Phi) is 3.71. The first kappa shape index (κ1) is 14.1. The van der Waals surface area contributed by atoms with Gasteiger partial charge in [-0.2, -0.15) is 0 Å². The van der Waals surface area contributed by atoms with E-state index in [9.17, 15) is 0 Å². The Bertz CT molecular complexity index is 686. The molecule has 1 heterocycles. The first-order chi connectivity index (χ1) is 10.1. The summed E-state index contributed by atoms with van der Waals surface area (Å²) in [6, 6.07) is 5.74. The van der Waals surface area contributed by atoms with Crippen LogP contribution in [-0.2, 0) is 0 Å². The third kappa shape index (κ3) is 2.95. The van der Waals surface area contributed by atoms with Gasteiger partial charge in [0.1, 0.15) is 23.2 Å². The predicted molar refractivity (Wildman–Crippen MR) is 87.1 cm³/mol. The maximum Gasteiger partial charge on any atom is 0.139 e. The lowest BCUT2D eigenvalue weighted by Gasteiger charge is -2.14. The number of halogens is 1. The third-order valence-electron chi connectivity index (χ3n) is 3.57. The number of nitrogens with one attached hydrogen (secondary N) is 1. The minimum absolute atomic E-state index is 0.460. The lowest BCUT2D eigenvalue weighted by molar-refractivity contribution is 0.415. The van der Waals surface area contributed by atoms with Crippen molar-refractivity contribution in [2.24, 2.45) is 0 Å². The highest BCUT2D eigenvalue weighted by molar-refractivity contribution is 9.10. The van der Waals surface area contributed by atoms with Crippen molar-refractivity contribution in [1.82, 2.24) is 9.97 Å². The van der Waals surface area contributed by atoms with Crippen LogP contribution in [0.5, 0.6) is 5.75 Å². The highest BCUT2D eigenvalue weighted by Crippen LogP contribution is 2.40. The van der Waals surface area contributed by atoms with Crippen molar-refractivity contribution >= 4 is 33.3 Å². The van der Waals surface area contributed by atoms with Crippen molar-refractivity contribution in [1.29, 1.82) is 0 Å². The molecule has 0 atom stereocenters. The highest BCUT2D eigenvalue weighted by atomic mass is 79.9. The fourth-order valence-corrected chi connectivity index (χ4v) is 2.40. The summed E-state index contributed by atoms with van der Waals surface area (Å²) >= 11 is 3.53. The van der Waals surface area contributed by atoms with Gasteiger partial charge in [-0.15, -0.1) is 0 Å². The van der Waals surface area contributed by atoms with Crippen LogP contribution in [0.3, 0.4) is 0 Å². The Hall–Kier alpha value is -1.82. The summed E-state index contributed by atoms with van der Waals surface area (Å²) in [6.45, 7) is 1.92. The van der Waals surface area contributed by atoms with Gasteiger partial charge in [0.25, 0.3) is 0 Å². The Morgan fingerprint density at radius 3 is 2.76 bits per heavy atom. The molecule has 0 aliphatic heterocycles. The van der Waals surface area contributed by atoms with Crippen molar-refractivity contribution < 1.29 is 4.74 Å². The summed E-state index contributed by atoms with van der Waals surface area (Å²) in [7, 11) is 1.64. The Morgan fingerprint density at radius 1 is 1.33 bits per heavy atom. The average Bonchev–Trinajstić information content (AvgIpc) is 3.30. The van der Waals surface area contributed by atoms with E-state index in [0.29, 0.717) is 11.7 Å². The number of nitrogen functional groups attached to an aromatic ring is 1. The van der Waals surface area contributed by atoms with Gasteiger partial charge < -0.3 is 15.8 Å². The summed E-state index contributed by atoms with van der Waals surface area (Å²) < 4.78 is 6.19. The van der Waals surface area contributed by atoms with Crippen LogP contribution in [-0.4, -0.2) is 17.1 Å². The molecular formula is C15H17BrN4O. The summed E-state index contributed by atoms with van der Waals surface area (Å²) in [4.78, 5) is 9.01. The molecule has 1 aliphatic rings. The quantitative estimate of drug-likeness (QED) is 0.879. The van der Waals surface area contributed by atoms with E-state index < -0.39 is 0 Å². The molecule has 1 saturated carbocycles. The molecule has 0 saturated heterocycles. The first-order valence-electron chi connectivity index (χ1n) is 6.83. The van der Waals surface area contributed by atoms with Crippen LogP contribution in [0, 0.1) is 6.92 Å². The molecule has 110 valence electrons. The van der Waals surface area contributed by atoms with Crippen LogP contribution in [0.2, 0.25) is 0 Å². The van der Waals surface area contributed by atoms with Crippen LogP contribution < -0.4 is 15.8 Å². The number of nitrogens with zero attached hydrogens (tertiary/aromatic N) is 2. The second-order valence-electron chi connectivity index (χ2n) is 5.19. The number of hydrogen-bond acceptors (Lipinski definition) is 5. The zero-order valence-electron chi connectivity index (χ0n) is 12.0. The smallest absolute Gasteiger partial charge is 0.139 e. The zero-order chi connectivity index (χ0) is 15.0. The Labute approximate surface area is 132 Å². The molecule has 0 amide bonds. The molecule has 6 heteroatoms. The van der Waals surface area contributed by atoms with E-state index in [4.69, 9.17) is 10.5 Å². The van der Waals surface area contributed by atoms with Crippen molar-refractivity contribution in [2.75, 3.05) is 18.2 Å². The first-order valence-corrected chi connectivity index (χ1v) is 7.62. The fraction of sp³-hybridized carbons (Fsp3) is 0.333. The summed E-state index contributed by atoms with van der Waals surface area (Å²) in [5.74, 6) is 3.36. The van der Waals surface area contributed by atoms with Crippen molar-refractivity contribution in [3.63, 3.8) is 0 Å². The summed E-state index contributed by atoms with van der Waals surface area (Å²) in [6.07, 6.45) is 2.29. The number of ether oxygens (including phenoxy) is 1. The van der Waals surface area contributed by atoms with E-state index >= 15 is 0 Å². The zero-order valence-corrected chi connectivity index (χ0v) is 13.6. The number of hydrogen-bond donors (Lipinski definition) is 2. The topological polar surface area (TPSA) is 73.1 Å². The molecule has 21 heavy (non-hydrogen) atoms. The number of benzene rings is 1. The average molecular weight is 349 g/mol. The molecule has 3 N–H and O–H groups in total. The number of anilines is 3. The second kappa shape index (κ2) is 5.52. The van der Waals surface area contributed by atoms with Gasteiger partial charge in [0, 0.05) is 22.0 Å². The fourth-order valence-electron chi connectivity index (χ4n) is 2.05. The summed E-state index contributed by atoms with van der Waals surface area (Å²) in [5.41, 5.74) is 7.75. The van der Waals surface area contributed by atoms with Gasteiger partial charge in [-0.3, -0.25) is 0 Å². The van der Waals surface area contributed by atoms with Crippen LogP contribution in [0.25, 0.3) is 0 Å². The van der Waals surface area contributed by atoms with E-state index in [-0.39, 0.29) is 0 Å². The van der Waals surface area contributed by atoms with E-state index in [2.05, 4.69) is 31.2 Å². The summed E-state index contributed by atoms with van der Waals surface area (Å²) in [5, 5.41) is 3.32. The molecule has 0 radical (unpaired) electrons. The maximum atomic E-state index is 6.01. The molecular weight excluding hydrogens is 332 g/mol. The SMILES string of the molecule is COc1ccc(Br)c(Nc2nc(C3CC3)nc(N)c2C)c1. The van der Waals surface area contributed by atoms with Gasteiger partial charge in [-0.05, 0) is 47.8 Å². The molecule has 2 aromatic rings. The van der Waals surface area contributed by atoms with Crippen molar-refractivity contribution in [2.45, 2.75) is 25.7 Å². The normalized spacial score (nSPS) is 14.0. The van der Waals surface area contributed by atoms with Gasteiger partial charge in [-0.1, -0.05) is 0 Å². The van der Waals surface area contributed by atoms with Crippen LogP contribution in [0.4, 0.5) is 17.3 Å². The molecule has 0 unspecified atom stereocenters. The van der Waals surface area contributed by atoms with Crippen molar-refractivity contribution in [3.8, 4) is 5.75 Å². The van der Waals surface area contributed by atoms with Gasteiger partial charge in [0.15, 0.2) is 0 Å². The van der Waals surface area contributed by atoms with Gasteiger partial charge in [-0.25, -0.2) is 9.97 Å². The van der Waals surface area contributed by atoms with Crippen molar-refractivity contribution in [3.05, 3.63) is 34.1 Å². The van der Waals surface area contributed by atoms with Crippen LogP contribution in [0.15, 0.2) is 22.7 Å². The molecule has 0 spiro atoms. The lowest BCUT2D eigenvalue weighted by atomic mass is 10.2. The molecule has 1 aromatic heterocycles. The Morgan fingerprint density at radius 2 is 2.10 bits per heavy atom. The monoisotopic (exact) mass is 348 g/mol. The molecule has 1 aromatic carbocycles. The van der Waals surface area contributed by atoms with E-state index in [1.165, 1.54) is 0 Å². The number of rotatable bonds is 4. The lowest BCUT2D eigenvalue weighted by Crippen LogP contribution is -2.06. The largest absolute Gasteiger partial charge is 0.497 e. The maximum absolute atomic E-state index is 6.01. The van der Waals surface area contributed by atoms with E-state index in [0.717, 1.165) is 46.0 Å². The van der Waals surface area contributed by atoms with Gasteiger partial charge in [0.2, 0.25) is 0 Å². The number of nitrogens with two attached hydrogens (primary N) is 1. The molecule has 1 aliphatic carbocycles. The minimum Gasteiger partial charge on any atom is -0.497 e. The molecule has 1 fully saturated rings. The second-order valence-corrected chi connectivity index (χ2v) is 6.04. The number of methoxy groups -OCH3 is 1. The molecule has 3 rings (SSSR count). The van der Waals surface area contributed by atoms with Gasteiger partial charge >= 0.3 is 0 Å². The van der Waals surface area contributed by atoms with E-state index in [1.54, 1.807) is 7.11 Å².